The van der Waals surface area contributed by atoms with Crippen molar-refractivity contribution in [3.05, 3.63) is 0 Å². The van der Waals surface area contributed by atoms with Gasteiger partial charge in [0.25, 0.3) is 0 Å². The van der Waals surface area contributed by atoms with Gasteiger partial charge in [-0.05, 0) is 48.3 Å². The van der Waals surface area contributed by atoms with Crippen LogP contribution in [-0.2, 0) is 0 Å². The van der Waals surface area contributed by atoms with Crippen molar-refractivity contribution in [1.82, 2.24) is 0 Å². The summed E-state index contributed by atoms with van der Waals surface area (Å²) in [6.45, 7) is 18.9. The standard InChI is InChI=1S/C16H34/c1-13(9-11-15(3,4)5)14(2)10-12-16(6,7)8/h13-14H,9-12H2,1-8H3. The Balaban J connectivity index is 3.86. The molecular weight excluding hydrogens is 192 g/mol. The summed E-state index contributed by atoms with van der Waals surface area (Å²) < 4.78 is 0. The maximum absolute atomic E-state index is 2.43. The van der Waals surface area contributed by atoms with Crippen LogP contribution in [0.2, 0.25) is 0 Å². The Labute approximate surface area is 104 Å². The smallest absolute Gasteiger partial charge is 0.0383 e. The van der Waals surface area contributed by atoms with E-state index in [9.17, 15) is 0 Å². The topological polar surface area (TPSA) is 0 Å². The van der Waals surface area contributed by atoms with Gasteiger partial charge in [-0.15, -0.1) is 0 Å². The highest BCUT2D eigenvalue weighted by atomic mass is 14.2. The van der Waals surface area contributed by atoms with Crippen LogP contribution < -0.4 is 0 Å². The summed E-state index contributed by atoms with van der Waals surface area (Å²) in [4.78, 5) is 0. The molecule has 0 saturated heterocycles. The van der Waals surface area contributed by atoms with E-state index in [1.54, 1.807) is 0 Å². The zero-order valence-electron chi connectivity index (χ0n) is 13.0. The Bertz CT molecular complexity index is 155. The summed E-state index contributed by atoms with van der Waals surface area (Å²) in [6, 6.07) is 0. The van der Waals surface area contributed by atoms with Crippen molar-refractivity contribution in [2.45, 2.75) is 81.1 Å². The highest BCUT2D eigenvalue weighted by molar-refractivity contribution is 4.70. The van der Waals surface area contributed by atoms with E-state index in [1.165, 1.54) is 25.7 Å². The van der Waals surface area contributed by atoms with Gasteiger partial charge in [-0.1, -0.05) is 55.4 Å². The predicted molar refractivity (Wildman–Crippen MR) is 75.7 cm³/mol. The molecule has 2 unspecified atom stereocenters. The van der Waals surface area contributed by atoms with Crippen LogP contribution in [0.1, 0.15) is 81.1 Å². The van der Waals surface area contributed by atoms with Crippen LogP contribution in [0.25, 0.3) is 0 Å². The fourth-order valence-electron chi connectivity index (χ4n) is 1.89. The SMILES string of the molecule is CC(CCC(C)(C)C)C(C)CCC(C)(C)C. The van der Waals surface area contributed by atoms with Crippen molar-refractivity contribution in [3.63, 3.8) is 0 Å². The largest absolute Gasteiger partial charge is 0.0623 e. The van der Waals surface area contributed by atoms with Crippen molar-refractivity contribution in [2.24, 2.45) is 22.7 Å². The first-order valence-electron chi connectivity index (χ1n) is 7.01. The van der Waals surface area contributed by atoms with E-state index in [2.05, 4.69) is 55.4 Å². The molecule has 0 spiro atoms. The van der Waals surface area contributed by atoms with E-state index >= 15 is 0 Å². The van der Waals surface area contributed by atoms with Crippen LogP contribution in [0.15, 0.2) is 0 Å². The lowest BCUT2D eigenvalue weighted by Crippen LogP contribution is -2.15. The fraction of sp³-hybridized carbons (Fsp3) is 1.00. The van der Waals surface area contributed by atoms with Crippen molar-refractivity contribution < 1.29 is 0 Å². The summed E-state index contributed by atoms with van der Waals surface area (Å²) in [7, 11) is 0. The van der Waals surface area contributed by atoms with Gasteiger partial charge in [0.15, 0.2) is 0 Å². The number of hydrogen-bond donors (Lipinski definition) is 0. The highest BCUT2D eigenvalue weighted by Gasteiger charge is 2.19. The van der Waals surface area contributed by atoms with Gasteiger partial charge in [0, 0.05) is 0 Å². The molecule has 0 aromatic carbocycles. The lowest BCUT2D eigenvalue weighted by Gasteiger charge is -2.27. The quantitative estimate of drug-likeness (QED) is 0.546. The van der Waals surface area contributed by atoms with Crippen molar-refractivity contribution in [3.8, 4) is 0 Å². The van der Waals surface area contributed by atoms with Crippen molar-refractivity contribution in [2.75, 3.05) is 0 Å². The van der Waals surface area contributed by atoms with Gasteiger partial charge >= 0.3 is 0 Å². The number of rotatable bonds is 5. The van der Waals surface area contributed by atoms with Gasteiger partial charge in [-0.3, -0.25) is 0 Å². The third-order valence-electron chi connectivity index (χ3n) is 3.67. The first-order chi connectivity index (χ1) is 7.01. The summed E-state index contributed by atoms with van der Waals surface area (Å²) in [5.74, 6) is 1.75. The first kappa shape index (κ1) is 16.0. The molecule has 0 radical (unpaired) electrons. The molecule has 98 valence electrons. The monoisotopic (exact) mass is 226 g/mol. The molecule has 0 bridgehead atoms. The summed E-state index contributed by atoms with van der Waals surface area (Å²) >= 11 is 0. The second-order valence-corrected chi connectivity index (χ2v) is 8.15. The van der Waals surface area contributed by atoms with E-state index < -0.39 is 0 Å². The Morgan fingerprint density at radius 3 is 1.06 bits per heavy atom. The summed E-state index contributed by atoms with van der Waals surface area (Å²) in [5.41, 5.74) is 0.996. The number of hydrogen-bond acceptors (Lipinski definition) is 0. The second-order valence-electron chi connectivity index (χ2n) is 8.15. The minimum absolute atomic E-state index is 0.498. The third kappa shape index (κ3) is 9.24. The van der Waals surface area contributed by atoms with E-state index in [0.717, 1.165) is 11.8 Å². The fourth-order valence-corrected chi connectivity index (χ4v) is 1.89. The molecule has 2 atom stereocenters. The molecule has 0 aliphatic heterocycles. The summed E-state index contributed by atoms with van der Waals surface area (Å²) in [6.07, 6.45) is 5.48. The molecular formula is C16H34. The van der Waals surface area contributed by atoms with Crippen LogP contribution in [0.3, 0.4) is 0 Å². The van der Waals surface area contributed by atoms with Crippen LogP contribution in [0.4, 0.5) is 0 Å². The van der Waals surface area contributed by atoms with E-state index in [-0.39, 0.29) is 0 Å². The van der Waals surface area contributed by atoms with Gasteiger partial charge < -0.3 is 0 Å². The van der Waals surface area contributed by atoms with Gasteiger partial charge in [0.2, 0.25) is 0 Å². The molecule has 0 aliphatic carbocycles. The molecule has 0 rings (SSSR count). The average Bonchev–Trinajstić information content (AvgIpc) is 2.07. The molecule has 0 N–H and O–H groups in total. The Morgan fingerprint density at radius 1 is 0.625 bits per heavy atom. The molecule has 0 heteroatoms. The predicted octanol–water partition coefficient (Wildman–Crippen LogP) is 5.91. The highest BCUT2D eigenvalue weighted by Crippen LogP contribution is 2.31. The molecule has 0 aromatic heterocycles. The minimum atomic E-state index is 0.498. The second kappa shape index (κ2) is 6.07. The van der Waals surface area contributed by atoms with Gasteiger partial charge in [-0.2, -0.15) is 0 Å². The van der Waals surface area contributed by atoms with Crippen LogP contribution >= 0.6 is 0 Å². The molecule has 0 aromatic rings. The van der Waals surface area contributed by atoms with Crippen molar-refractivity contribution >= 4 is 0 Å². The maximum Gasteiger partial charge on any atom is -0.0383 e. The zero-order chi connectivity index (χ0) is 13.0. The minimum Gasteiger partial charge on any atom is -0.0623 e. The van der Waals surface area contributed by atoms with Gasteiger partial charge in [0.1, 0.15) is 0 Å². The Kier molecular flexibility index (Phi) is 6.07. The molecule has 0 nitrogen and oxygen atoms in total. The lowest BCUT2D eigenvalue weighted by molar-refractivity contribution is 0.247. The zero-order valence-corrected chi connectivity index (χ0v) is 13.0. The maximum atomic E-state index is 2.43. The van der Waals surface area contributed by atoms with E-state index in [0.29, 0.717) is 10.8 Å². The summed E-state index contributed by atoms with van der Waals surface area (Å²) in [5, 5.41) is 0. The first-order valence-corrected chi connectivity index (χ1v) is 7.01. The average molecular weight is 226 g/mol. The molecule has 0 heterocycles. The van der Waals surface area contributed by atoms with Gasteiger partial charge in [-0.25, -0.2) is 0 Å². The van der Waals surface area contributed by atoms with Crippen LogP contribution in [0.5, 0.6) is 0 Å². The molecule has 0 amide bonds. The molecule has 0 aliphatic rings. The molecule has 0 fully saturated rings. The van der Waals surface area contributed by atoms with Crippen LogP contribution in [-0.4, -0.2) is 0 Å². The molecule has 16 heavy (non-hydrogen) atoms. The van der Waals surface area contributed by atoms with E-state index in [1.807, 2.05) is 0 Å². The lowest BCUT2D eigenvalue weighted by atomic mass is 9.79. The van der Waals surface area contributed by atoms with Crippen molar-refractivity contribution in [1.29, 1.82) is 0 Å². The Hall–Kier alpha value is 0. The Morgan fingerprint density at radius 2 is 0.875 bits per heavy atom. The normalized spacial score (nSPS) is 17.2. The van der Waals surface area contributed by atoms with E-state index in [4.69, 9.17) is 0 Å². The van der Waals surface area contributed by atoms with Gasteiger partial charge in [0.05, 0.1) is 0 Å². The van der Waals surface area contributed by atoms with Crippen LogP contribution in [0, 0.1) is 22.7 Å². The molecule has 0 saturated carbocycles. The third-order valence-corrected chi connectivity index (χ3v) is 3.67.